The molecule has 1 rings (SSSR count). The highest BCUT2D eigenvalue weighted by molar-refractivity contribution is 7.89. The first-order valence-corrected chi connectivity index (χ1v) is 7.83. The summed E-state index contributed by atoms with van der Waals surface area (Å²) in [6, 6.07) is -0.190. The molecule has 16 heavy (non-hydrogen) atoms. The molecule has 0 bridgehead atoms. The Balaban J connectivity index is 2.72. The molecule has 1 fully saturated rings. The molecule has 1 unspecified atom stereocenters. The van der Waals surface area contributed by atoms with Crippen LogP contribution in [0.1, 0.15) is 45.4 Å². The third kappa shape index (κ3) is 3.71. The van der Waals surface area contributed by atoms with Crippen LogP contribution in [0.25, 0.3) is 0 Å². The number of hydrogen-bond acceptors (Lipinski definition) is 3. The number of unbranched alkanes of at least 4 members (excludes halogenated alkanes) is 1. The molecular formula is C11H23NO3S. The van der Waals surface area contributed by atoms with Gasteiger partial charge in [0.1, 0.15) is 0 Å². The van der Waals surface area contributed by atoms with E-state index in [0.29, 0.717) is 13.0 Å². The van der Waals surface area contributed by atoms with Crippen molar-refractivity contribution < 1.29 is 13.5 Å². The Hall–Kier alpha value is -0.130. The minimum Gasteiger partial charge on any atom is -0.395 e. The molecule has 1 aliphatic heterocycles. The first-order chi connectivity index (χ1) is 7.61. The minimum absolute atomic E-state index is 0.0502. The van der Waals surface area contributed by atoms with Crippen molar-refractivity contribution in [3.63, 3.8) is 0 Å². The van der Waals surface area contributed by atoms with Crippen molar-refractivity contribution in [1.82, 2.24) is 4.31 Å². The lowest BCUT2D eigenvalue weighted by Crippen LogP contribution is -2.43. The van der Waals surface area contributed by atoms with Crippen molar-refractivity contribution in [2.45, 2.75) is 51.5 Å². The van der Waals surface area contributed by atoms with Gasteiger partial charge in [0.2, 0.25) is 10.0 Å². The second-order valence-corrected chi connectivity index (χ2v) is 6.51. The highest BCUT2D eigenvalue weighted by Gasteiger charge is 2.29. The summed E-state index contributed by atoms with van der Waals surface area (Å²) in [6.07, 6.45) is 5.39. The van der Waals surface area contributed by atoms with E-state index in [-0.39, 0.29) is 18.4 Å². The van der Waals surface area contributed by atoms with Gasteiger partial charge in [0.05, 0.1) is 12.4 Å². The monoisotopic (exact) mass is 249 g/mol. The molecule has 1 saturated heterocycles. The summed E-state index contributed by atoms with van der Waals surface area (Å²) in [5.74, 6) is 0.222. The Morgan fingerprint density at radius 1 is 1.31 bits per heavy atom. The van der Waals surface area contributed by atoms with E-state index in [1.54, 1.807) is 0 Å². The Labute approximate surface area is 98.7 Å². The molecule has 1 atom stereocenters. The molecule has 0 radical (unpaired) electrons. The molecule has 0 aromatic carbocycles. The third-order valence-electron chi connectivity index (χ3n) is 3.15. The van der Waals surface area contributed by atoms with Crippen LogP contribution in [-0.2, 0) is 10.0 Å². The predicted octanol–water partition coefficient (Wildman–Crippen LogP) is 1.35. The summed E-state index contributed by atoms with van der Waals surface area (Å²) < 4.78 is 25.7. The van der Waals surface area contributed by atoms with Crippen molar-refractivity contribution in [2.75, 3.05) is 18.9 Å². The second kappa shape index (κ2) is 6.57. The van der Waals surface area contributed by atoms with Crippen LogP contribution in [0.15, 0.2) is 0 Å². The van der Waals surface area contributed by atoms with E-state index in [0.717, 1.165) is 32.1 Å². The van der Waals surface area contributed by atoms with Crippen LogP contribution in [-0.4, -0.2) is 42.8 Å². The smallest absolute Gasteiger partial charge is 0.214 e. The zero-order valence-electron chi connectivity index (χ0n) is 10.1. The molecular weight excluding hydrogens is 226 g/mol. The van der Waals surface area contributed by atoms with Gasteiger partial charge in [-0.15, -0.1) is 0 Å². The van der Waals surface area contributed by atoms with Gasteiger partial charge in [-0.05, 0) is 19.3 Å². The molecule has 0 aromatic rings. The Morgan fingerprint density at radius 2 is 2.06 bits per heavy atom. The molecule has 96 valence electrons. The quantitative estimate of drug-likeness (QED) is 0.800. The van der Waals surface area contributed by atoms with Gasteiger partial charge in [0.15, 0.2) is 0 Å². The van der Waals surface area contributed by atoms with E-state index < -0.39 is 10.0 Å². The van der Waals surface area contributed by atoms with Gasteiger partial charge in [0, 0.05) is 12.6 Å². The molecule has 0 saturated carbocycles. The second-order valence-electron chi connectivity index (χ2n) is 4.47. The van der Waals surface area contributed by atoms with Crippen LogP contribution in [0.3, 0.4) is 0 Å². The highest BCUT2D eigenvalue weighted by atomic mass is 32.2. The van der Waals surface area contributed by atoms with E-state index in [1.165, 1.54) is 4.31 Å². The maximum atomic E-state index is 12.1. The van der Waals surface area contributed by atoms with Gasteiger partial charge < -0.3 is 5.11 Å². The highest BCUT2D eigenvalue weighted by Crippen LogP contribution is 2.20. The number of sulfonamides is 1. The third-order valence-corrected chi connectivity index (χ3v) is 5.15. The lowest BCUT2D eigenvalue weighted by molar-refractivity contribution is 0.186. The van der Waals surface area contributed by atoms with Crippen LogP contribution < -0.4 is 0 Å². The van der Waals surface area contributed by atoms with E-state index in [2.05, 4.69) is 0 Å². The molecule has 4 nitrogen and oxygen atoms in total. The molecule has 1 heterocycles. The SMILES string of the molecule is CCCCS(=O)(=O)N1CCCCCC1CO. The summed E-state index contributed by atoms with van der Waals surface area (Å²) >= 11 is 0. The van der Waals surface area contributed by atoms with Crippen LogP contribution in [0, 0.1) is 0 Å². The Kier molecular flexibility index (Phi) is 5.72. The van der Waals surface area contributed by atoms with Crippen LogP contribution in [0.5, 0.6) is 0 Å². The predicted molar refractivity (Wildman–Crippen MR) is 64.7 cm³/mol. The fourth-order valence-electron chi connectivity index (χ4n) is 2.14. The Bertz CT molecular complexity index is 290. The maximum Gasteiger partial charge on any atom is 0.214 e. The number of rotatable bonds is 5. The lowest BCUT2D eigenvalue weighted by Gasteiger charge is -2.27. The molecule has 1 N–H and O–H groups in total. The molecule has 0 aromatic heterocycles. The molecule has 0 spiro atoms. The zero-order chi connectivity index (χ0) is 12.0. The van der Waals surface area contributed by atoms with Gasteiger partial charge in [-0.25, -0.2) is 8.42 Å². The number of aliphatic hydroxyl groups excluding tert-OH is 1. The average molecular weight is 249 g/mol. The standard InChI is InChI=1S/C11H23NO3S/c1-2-3-9-16(14,15)12-8-6-4-5-7-11(12)10-13/h11,13H,2-10H2,1H3. The first kappa shape index (κ1) is 13.9. The zero-order valence-corrected chi connectivity index (χ0v) is 10.9. The first-order valence-electron chi connectivity index (χ1n) is 6.22. The Morgan fingerprint density at radius 3 is 2.69 bits per heavy atom. The van der Waals surface area contributed by atoms with Crippen molar-refractivity contribution >= 4 is 10.0 Å². The fourth-order valence-corrected chi connectivity index (χ4v) is 4.07. The topological polar surface area (TPSA) is 57.6 Å². The van der Waals surface area contributed by atoms with Crippen LogP contribution >= 0.6 is 0 Å². The largest absolute Gasteiger partial charge is 0.395 e. The van der Waals surface area contributed by atoms with Gasteiger partial charge in [-0.3, -0.25) is 0 Å². The van der Waals surface area contributed by atoms with Gasteiger partial charge >= 0.3 is 0 Å². The number of nitrogens with zero attached hydrogens (tertiary/aromatic N) is 1. The van der Waals surface area contributed by atoms with Crippen molar-refractivity contribution in [2.24, 2.45) is 0 Å². The summed E-state index contributed by atoms with van der Waals surface area (Å²) in [4.78, 5) is 0. The molecule has 0 aliphatic carbocycles. The molecule has 1 aliphatic rings. The normalized spacial score (nSPS) is 24.2. The lowest BCUT2D eigenvalue weighted by atomic mass is 10.1. The summed E-state index contributed by atoms with van der Waals surface area (Å²) in [5, 5.41) is 9.27. The maximum absolute atomic E-state index is 12.1. The summed E-state index contributed by atoms with van der Waals surface area (Å²) in [6.45, 7) is 2.52. The average Bonchev–Trinajstić information content (AvgIpc) is 2.51. The number of aliphatic hydroxyl groups is 1. The van der Waals surface area contributed by atoms with E-state index in [9.17, 15) is 13.5 Å². The van der Waals surface area contributed by atoms with E-state index in [4.69, 9.17) is 0 Å². The van der Waals surface area contributed by atoms with Gasteiger partial charge in [0.25, 0.3) is 0 Å². The molecule has 5 heteroatoms. The van der Waals surface area contributed by atoms with E-state index in [1.807, 2.05) is 6.92 Å². The van der Waals surface area contributed by atoms with Crippen LogP contribution in [0.2, 0.25) is 0 Å². The number of hydrogen-bond donors (Lipinski definition) is 1. The van der Waals surface area contributed by atoms with Crippen LogP contribution in [0.4, 0.5) is 0 Å². The van der Waals surface area contributed by atoms with Crippen molar-refractivity contribution in [3.8, 4) is 0 Å². The molecule has 0 amide bonds. The van der Waals surface area contributed by atoms with Gasteiger partial charge in [-0.1, -0.05) is 26.2 Å². The summed E-state index contributed by atoms with van der Waals surface area (Å²) in [5.41, 5.74) is 0. The van der Waals surface area contributed by atoms with Gasteiger partial charge in [-0.2, -0.15) is 4.31 Å². The van der Waals surface area contributed by atoms with Crippen molar-refractivity contribution in [1.29, 1.82) is 0 Å². The fraction of sp³-hybridized carbons (Fsp3) is 1.00. The van der Waals surface area contributed by atoms with E-state index >= 15 is 0 Å². The van der Waals surface area contributed by atoms with Crippen molar-refractivity contribution in [3.05, 3.63) is 0 Å². The minimum atomic E-state index is -3.16. The summed E-state index contributed by atoms with van der Waals surface area (Å²) in [7, 11) is -3.16.